The van der Waals surface area contributed by atoms with Crippen LogP contribution in [0.25, 0.3) is 0 Å². The van der Waals surface area contributed by atoms with Crippen LogP contribution in [0.5, 0.6) is 0 Å². The van der Waals surface area contributed by atoms with Crippen molar-refractivity contribution in [2.75, 3.05) is 59.9 Å². The van der Waals surface area contributed by atoms with Crippen molar-refractivity contribution in [3.63, 3.8) is 0 Å². The van der Waals surface area contributed by atoms with Crippen molar-refractivity contribution < 1.29 is 9.21 Å². The number of rotatable bonds is 7. The van der Waals surface area contributed by atoms with E-state index in [0.717, 1.165) is 37.8 Å². The maximum absolute atomic E-state index is 12.0. The summed E-state index contributed by atoms with van der Waals surface area (Å²) in [5.74, 6) is 2.51. The Balaban J connectivity index is 1.54. The maximum atomic E-state index is 12.0. The molecule has 1 aromatic rings. The SMILES string of the molecule is CN(C)C(=O)CN=C(NCCc1ccco1)N1CCC(CN2CCCC2)C1. The number of nitrogens with one attached hydrogen (secondary N) is 1. The lowest BCUT2D eigenvalue weighted by atomic mass is 10.1. The van der Waals surface area contributed by atoms with E-state index in [0.29, 0.717) is 5.92 Å². The molecule has 0 bridgehead atoms. The standard InChI is InChI=1S/C20H33N5O2/c1-23(2)19(26)14-22-20(21-9-7-18-6-5-13-27-18)25-12-8-17(16-25)15-24-10-3-4-11-24/h5-6,13,17H,3-4,7-12,14-16H2,1-2H3,(H,21,22). The number of carbonyl (C=O) groups excluding carboxylic acids is 1. The van der Waals surface area contributed by atoms with Crippen LogP contribution in [0.15, 0.2) is 27.8 Å². The molecule has 2 fully saturated rings. The van der Waals surface area contributed by atoms with Gasteiger partial charge in [-0.1, -0.05) is 0 Å². The first-order valence-electron chi connectivity index (χ1n) is 10.1. The monoisotopic (exact) mass is 375 g/mol. The van der Waals surface area contributed by atoms with E-state index in [9.17, 15) is 4.79 Å². The Morgan fingerprint density at radius 3 is 2.85 bits per heavy atom. The van der Waals surface area contributed by atoms with Crippen LogP contribution in [-0.2, 0) is 11.2 Å². The van der Waals surface area contributed by atoms with Gasteiger partial charge in [0.25, 0.3) is 0 Å². The minimum absolute atomic E-state index is 0.0214. The molecule has 150 valence electrons. The lowest BCUT2D eigenvalue weighted by Gasteiger charge is -2.24. The summed E-state index contributed by atoms with van der Waals surface area (Å²) in [7, 11) is 3.54. The predicted octanol–water partition coefficient (Wildman–Crippen LogP) is 1.27. The number of nitrogens with zero attached hydrogens (tertiary/aromatic N) is 4. The quantitative estimate of drug-likeness (QED) is 0.574. The number of guanidine groups is 1. The second-order valence-corrected chi connectivity index (χ2v) is 7.79. The molecule has 2 saturated heterocycles. The number of likely N-dealkylation sites (tertiary alicyclic amines) is 2. The molecule has 0 saturated carbocycles. The third-order valence-electron chi connectivity index (χ3n) is 5.40. The highest BCUT2D eigenvalue weighted by Crippen LogP contribution is 2.20. The predicted molar refractivity (Wildman–Crippen MR) is 107 cm³/mol. The number of carbonyl (C=O) groups is 1. The number of furan rings is 1. The Labute approximate surface area is 162 Å². The number of aliphatic imine (C=N–C) groups is 1. The largest absolute Gasteiger partial charge is 0.469 e. The third-order valence-corrected chi connectivity index (χ3v) is 5.40. The highest BCUT2D eigenvalue weighted by molar-refractivity contribution is 5.85. The average molecular weight is 376 g/mol. The first kappa shape index (κ1) is 19.7. The van der Waals surface area contributed by atoms with Gasteiger partial charge in [-0.3, -0.25) is 4.79 Å². The van der Waals surface area contributed by atoms with Crippen molar-refractivity contribution in [2.45, 2.75) is 25.7 Å². The molecular weight excluding hydrogens is 342 g/mol. The number of hydrogen-bond donors (Lipinski definition) is 1. The fraction of sp³-hybridized carbons (Fsp3) is 0.700. The molecule has 1 N–H and O–H groups in total. The Morgan fingerprint density at radius 1 is 1.33 bits per heavy atom. The summed E-state index contributed by atoms with van der Waals surface area (Å²) in [6.07, 6.45) is 6.37. The van der Waals surface area contributed by atoms with Crippen molar-refractivity contribution in [3.8, 4) is 0 Å². The van der Waals surface area contributed by atoms with Crippen LogP contribution in [-0.4, -0.2) is 86.5 Å². The van der Waals surface area contributed by atoms with Crippen LogP contribution in [0, 0.1) is 5.92 Å². The van der Waals surface area contributed by atoms with Crippen molar-refractivity contribution >= 4 is 11.9 Å². The zero-order valence-electron chi connectivity index (χ0n) is 16.7. The lowest BCUT2D eigenvalue weighted by molar-refractivity contribution is -0.127. The Hall–Kier alpha value is -2.02. The molecule has 3 rings (SSSR count). The van der Waals surface area contributed by atoms with E-state index < -0.39 is 0 Å². The van der Waals surface area contributed by atoms with Gasteiger partial charge in [-0.2, -0.15) is 0 Å². The first-order chi connectivity index (χ1) is 13.1. The lowest BCUT2D eigenvalue weighted by Crippen LogP contribution is -2.42. The minimum atomic E-state index is 0.0214. The van der Waals surface area contributed by atoms with Gasteiger partial charge in [0.15, 0.2) is 5.96 Å². The van der Waals surface area contributed by atoms with E-state index in [1.165, 1.54) is 38.9 Å². The molecule has 27 heavy (non-hydrogen) atoms. The maximum Gasteiger partial charge on any atom is 0.243 e. The topological polar surface area (TPSA) is 64.3 Å². The van der Waals surface area contributed by atoms with Gasteiger partial charge in [0.05, 0.1) is 6.26 Å². The second-order valence-electron chi connectivity index (χ2n) is 7.79. The minimum Gasteiger partial charge on any atom is -0.469 e. The van der Waals surface area contributed by atoms with Crippen molar-refractivity contribution in [2.24, 2.45) is 10.9 Å². The van der Waals surface area contributed by atoms with Gasteiger partial charge in [0.1, 0.15) is 12.3 Å². The summed E-state index contributed by atoms with van der Waals surface area (Å²) in [6, 6.07) is 3.89. The molecule has 2 aliphatic rings. The molecule has 7 nitrogen and oxygen atoms in total. The van der Waals surface area contributed by atoms with Gasteiger partial charge in [-0.25, -0.2) is 4.99 Å². The van der Waals surface area contributed by atoms with Gasteiger partial charge >= 0.3 is 0 Å². The smallest absolute Gasteiger partial charge is 0.243 e. The van der Waals surface area contributed by atoms with E-state index in [2.05, 4.69) is 20.1 Å². The Morgan fingerprint density at radius 2 is 2.15 bits per heavy atom. The van der Waals surface area contributed by atoms with E-state index in [1.807, 2.05) is 12.1 Å². The molecule has 1 atom stereocenters. The molecule has 7 heteroatoms. The van der Waals surface area contributed by atoms with Gasteiger partial charge in [-0.05, 0) is 50.4 Å². The summed E-state index contributed by atoms with van der Waals surface area (Å²) < 4.78 is 5.40. The molecule has 1 aromatic heterocycles. The molecule has 0 spiro atoms. The summed E-state index contributed by atoms with van der Waals surface area (Å²) in [4.78, 5) is 23.1. The van der Waals surface area contributed by atoms with Crippen molar-refractivity contribution in [1.29, 1.82) is 0 Å². The first-order valence-corrected chi connectivity index (χ1v) is 10.1. The second kappa shape index (κ2) is 9.78. The highest BCUT2D eigenvalue weighted by atomic mass is 16.3. The third kappa shape index (κ3) is 5.99. The number of amides is 1. The Bertz CT molecular complexity index is 608. The van der Waals surface area contributed by atoms with Crippen LogP contribution in [0.2, 0.25) is 0 Å². The molecule has 0 aliphatic carbocycles. The molecule has 1 amide bonds. The molecule has 2 aliphatic heterocycles. The van der Waals surface area contributed by atoms with Crippen LogP contribution in [0.3, 0.4) is 0 Å². The average Bonchev–Trinajstić information content (AvgIpc) is 3.41. The number of hydrogen-bond acceptors (Lipinski definition) is 4. The number of likely N-dealkylation sites (N-methyl/N-ethyl adjacent to an activating group) is 1. The van der Waals surface area contributed by atoms with Gasteiger partial charge in [-0.15, -0.1) is 0 Å². The fourth-order valence-electron chi connectivity index (χ4n) is 3.81. The molecule has 0 radical (unpaired) electrons. The van der Waals surface area contributed by atoms with E-state index in [4.69, 9.17) is 4.42 Å². The molecule has 0 aromatic carbocycles. The zero-order valence-corrected chi connectivity index (χ0v) is 16.7. The summed E-state index contributed by atoms with van der Waals surface area (Å²) in [6.45, 7) is 6.62. The van der Waals surface area contributed by atoms with E-state index in [-0.39, 0.29) is 12.5 Å². The van der Waals surface area contributed by atoms with E-state index in [1.54, 1.807) is 25.3 Å². The Kier molecular flexibility index (Phi) is 7.15. The van der Waals surface area contributed by atoms with Crippen molar-refractivity contribution in [3.05, 3.63) is 24.2 Å². The highest BCUT2D eigenvalue weighted by Gasteiger charge is 2.27. The van der Waals surface area contributed by atoms with Gasteiger partial charge in [0, 0.05) is 46.7 Å². The normalized spacial score (nSPS) is 21.0. The van der Waals surface area contributed by atoms with Gasteiger partial charge in [0.2, 0.25) is 5.91 Å². The summed E-state index contributed by atoms with van der Waals surface area (Å²) in [5, 5.41) is 3.44. The van der Waals surface area contributed by atoms with Gasteiger partial charge < -0.3 is 24.4 Å². The fourth-order valence-corrected chi connectivity index (χ4v) is 3.81. The van der Waals surface area contributed by atoms with Crippen LogP contribution in [0.1, 0.15) is 25.0 Å². The summed E-state index contributed by atoms with van der Waals surface area (Å²) >= 11 is 0. The molecular formula is C20H33N5O2. The molecule has 1 unspecified atom stereocenters. The van der Waals surface area contributed by atoms with Crippen LogP contribution >= 0.6 is 0 Å². The van der Waals surface area contributed by atoms with Crippen molar-refractivity contribution in [1.82, 2.24) is 20.0 Å². The molecule has 3 heterocycles. The van der Waals surface area contributed by atoms with Crippen LogP contribution in [0.4, 0.5) is 0 Å². The van der Waals surface area contributed by atoms with E-state index >= 15 is 0 Å². The van der Waals surface area contributed by atoms with Crippen LogP contribution < -0.4 is 5.32 Å². The summed E-state index contributed by atoms with van der Waals surface area (Å²) in [5.41, 5.74) is 0. The zero-order chi connectivity index (χ0) is 19.1.